The first kappa shape index (κ1) is 9.14. The van der Waals surface area contributed by atoms with Gasteiger partial charge in [0.05, 0.1) is 0 Å². The fourth-order valence-electron chi connectivity index (χ4n) is 0.717. The van der Waals surface area contributed by atoms with E-state index in [1.54, 1.807) is 20.9 Å². The molecule has 0 aliphatic carbocycles. The van der Waals surface area contributed by atoms with Gasteiger partial charge in [0.15, 0.2) is 0 Å². The topological polar surface area (TPSA) is 37.4 Å². The maximum absolute atomic E-state index is 10.3. The number of hydrogen-bond acceptors (Lipinski definition) is 2. The van der Waals surface area contributed by atoms with E-state index in [0.29, 0.717) is 13.0 Å². The predicted octanol–water partition coefficient (Wildman–Crippen LogP) is 0.300. The highest BCUT2D eigenvalue weighted by atomic mass is 16.1. The van der Waals surface area contributed by atoms with Crippen molar-refractivity contribution in [3.63, 3.8) is 0 Å². The Balaban J connectivity index is 3.86. The average Bonchev–Trinajstić information content (AvgIpc) is 1.87. The van der Waals surface area contributed by atoms with Crippen molar-refractivity contribution in [2.75, 3.05) is 13.6 Å². The second-order valence-corrected chi connectivity index (χ2v) is 3.13. The highest BCUT2D eigenvalue weighted by Gasteiger charge is 2.17. The van der Waals surface area contributed by atoms with Gasteiger partial charge in [-0.15, -0.1) is 0 Å². The Kier molecular flexibility index (Phi) is 3.06. The lowest BCUT2D eigenvalue weighted by Crippen LogP contribution is -2.31. The van der Waals surface area contributed by atoms with Crippen molar-refractivity contribution in [2.24, 2.45) is 5.41 Å². The largest absolute Gasteiger partial charge is 0.347 e. The van der Waals surface area contributed by atoms with Crippen molar-refractivity contribution < 1.29 is 9.59 Å². The SMILES string of the molecule is CN(C=O)CC(C)(C)C=O. The number of nitrogens with zero attached hydrogens (tertiary/aromatic N) is 1. The molecule has 0 aromatic rings. The van der Waals surface area contributed by atoms with Gasteiger partial charge >= 0.3 is 0 Å². The van der Waals surface area contributed by atoms with E-state index in [1.807, 2.05) is 0 Å². The minimum Gasteiger partial charge on any atom is -0.347 e. The molecule has 0 atom stereocenters. The molecule has 0 bridgehead atoms. The molecule has 0 aliphatic heterocycles. The van der Waals surface area contributed by atoms with E-state index >= 15 is 0 Å². The Hall–Kier alpha value is -0.860. The van der Waals surface area contributed by atoms with Gasteiger partial charge < -0.3 is 9.69 Å². The highest BCUT2D eigenvalue weighted by Crippen LogP contribution is 2.10. The summed E-state index contributed by atoms with van der Waals surface area (Å²) >= 11 is 0. The van der Waals surface area contributed by atoms with Gasteiger partial charge in [0.2, 0.25) is 6.41 Å². The molecular weight excluding hydrogens is 130 g/mol. The normalized spacial score (nSPS) is 10.7. The Morgan fingerprint density at radius 3 is 2.20 bits per heavy atom. The Morgan fingerprint density at radius 1 is 1.40 bits per heavy atom. The van der Waals surface area contributed by atoms with Gasteiger partial charge in [-0.2, -0.15) is 0 Å². The maximum Gasteiger partial charge on any atom is 0.209 e. The maximum atomic E-state index is 10.3. The zero-order chi connectivity index (χ0) is 8.20. The molecular formula is C7H13NO2. The Bertz CT molecular complexity index is 132. The van der Waals surface area contributed by atoms with Crippen molar-refractivity contribution in [1.82, 2.24) is 4.90 Å². The van der Waals surface area contributed by atoms with Crippen LogP contribution in [0.5, 0.6) is 0 Å². The van der Waals surface area contributed by atoms with E-state index in [0.717, 1.165) is 6.29 Å². The first-order valence-corrected chi connectivity index (χ1v) is 3.14. The number of amides is 1. The van der Waals surface area contributed by atoms with Crippen molar-refractivity contribution in [2.45, 2.75) is 13.8 Å². The second kappa shape index (κ2) is 3.34. The molecule has 0 heterocycles. The van der Waals surface area contributed by atoms with E-state index in [1.165, 1.54) is 4.90 Å². The summed E-state index contributed by atoms with van der Waals surface area (Å²) in [4.78, 5) is 21.9. The summed E-state index contributed by atoms with van der Waals surface area (Å²) in [7, 11) is 1.65. The lowest BCUT2D eigenvalue weighted by atomic mass is 9.96. The Morgan fingerprint density at radius 2 is 1.90 bits per heavy atom. The van der Waals surface area contributed by atoms with Crippen LogP contribution in [-0.2, 0) is 9.59 Å². The van der Waals surface area contributed by atoms with Gasteiger partial charge in [-0.25, -0.2) is 0 Å². The average molecular weight is 143 g/mol. The van der Waals surface area contributed by atoms with E-state index in [2.05, 4.69) is 0 Å². The molecule has 0 rings (SSSR count). The molecule has 0 saturated heterocycles. The number of rotatable bonds is 4. The third-order valence-corrected chi connectivity index (χ3v) is 1.16. The number of aldehydes is 1. The van der Waals surface area contributed by atoms with E-state index in [4.69, 9.17) is 0 Å². The Labute approximate surface area is 61.0 Å². The third kappa shape index (κ3) is 3.22. The summed E-state index contributed by atoms with van der Waals surface area (Å²) in [5.74, 6) is 0. The fraction of sp³-hybridized carbons (Fsp3) is 0.714. The van der Waals surface area contributed by atoms with Crippen LogP contribution in [0.15, 0.2) is 0 Å². The van der Waals surface area contributed by atoms with Crippen LogP contribution in [0.3, 0.4) is 0 Å². The molecule has 0 fully saturated rings. The molecule has 0 aromatic carbocycles. The van der Waals surface area contributed by atoms with Crippen LogP contribution >= 0.6 is 0 Å². The van der Waals surface area contributed by atoms with Crippen molar-refractivity contribution in [3.05, 3.63) is 0 Å². The summed E-state index contributed by atoms with van der Waals surface area (Å²) in [6.45, 7) is 4.06. The lowest BCUT2D eigenvalue weighted by molar-refractivity contribution is -0.121. The first-order valence-electron chi connectivity index (χ1n) is 3.14. The molecule has 0 saturated carbocycles. The first-order chi connectivity index (χ1) is 4.52. The van der Waals surface area contributed by atoms with Crippen molar-refractivity contribution in [3.8, 4) is 0 Å². The molecule has 3 heteroatoms. The van der Waals surface area contributed by atoms with Crippen LogP contribution in [-0.4, -0.2) is 31.2 Å². The smallest absolute Gasteiger partial charge is 0.209 e. The third-order valence-electron chi connectivity index (χ3n) is 1.16. The van der Waals surface area contributed by atoms with Gasteiger partial charge in [-0.1, -0.05) is 13.8 Å². The van der Waals surface area contributed by atoms with Crippen LogP contribution in [0.25, 0.3) is 0 Å². The second-order valence-electron chi connectivity index (χ2n) is 3.13. The molecule has 0 aliphatic rings. The molecule has 0 N–H and O–H groups in total. The quantitative estimate of drug-likeness (QED) is 0.531. The highest BCUT2D eigenvalue weighted by molar-refractivity contribution is 5.59. The number of carbonyl (C=O) groups is 2. The van der Waals surface area contributed by atoms with Gasteiger partial charge in [0.25, 0.3) is 0 Å². The fourth-order valence-corrected chi connectivity index (χ4v) is 0.717. The molecule has 0 aromatic heterocycles. The molecule has 0 radical (unpaired) electrons. The lowest BCUT2D eigenvalue weighted by Gasteiger charge is -2.21. The predicted molar refractivity (Wildman–Crippen MR) is 38.5 cm³/mol. The zero-order valence-electron chi connectivity index (χ0n) is 6.63. The minimum atomic E-state index is -0.421. The van der Waals surface area contributed by atoms with Crippen molar-refractivity contribution in [1.29, 1.82) is 0 Å². The summed E-state index contributed by atoms with van der Waals surface area (Å²) in [6.07, 6.45) is 1.57. The molecule has 10 heavy (non-hydrogen) atoms. The number of hydrogen-bond donors (Lipinski definition) is 0. The van der Waals surface area contributed by atoms with Crippen LogP contribution in [0, 0.1) is 5.41 Å². The van der Waals surface area contributed by atoms with Gasteiger partial charge in [0.1, 0.15) is 6.29 Å². The number of carbonyl (C=O) groups excluding carboxylic acids is 2. The molecule has 3 nitrogen and oxygen atoms in total. The molecule has 1 amide bonds. The van der Waals surface area contributed by atoms with Crippen LogP contribution < -0.4 is 0 Å². The van der Waals surface area contributed by atoms with Gasteiger partial charge in [-0.3, -0.25) is 4.79 Å². The van der Waals surface area contributed by atoms with Gasteiger partial charge in [-0.05, 0) is 0 Å². The van der Waals surface area contributed by atoms with Gasteiger partial charge in [0, 0.05) is 19.0 Å². The summed E-state index contributed by atoms with van der Waals surface area (Å²) in [5, 5.41) is 0. The van der Waals surface area contributed by atoms with Crippen LogP contribution in [0.1, 0.15) is 13.8 Å². The molecule has 0 unspecified atom stereocenters. The summed E-state index contributed by atoms with van der Waals surface area (Å²) < 4.78 is 0. The monoisotopic (exact) mass is 143 g/mol. The molecule has 0 spiro atoms. The summed E-state index contributed by atoms with van der Waals surface area (Å²) in [6, 6.07) is 0. The van der Waals surface area contributed by atoms with Crippen molar-refractivity contribution >= 4 is 12.7 Å². The van der Waals surface area contributed by atoms with E-state index in [9.17, 15) is 9.59 Å². The van der Waals surface area contributed by atoms with E-state index < -0.39 is 5.41 Å². The molecule has 58 valence electrons. The summed E-state index contributed by atoms with van der Waals surface area (Å²) in [5.41, 5.74) is -0.421. The van der Waals surface area contributed by atoms with Crippen LogP contribution in [0.4, 0.5) is 0 Å². The van der Waals surface area contributed by atoms with Crippen LogP contribution in [0.2, 0.25) is 0 Å². The zero-order valence-corrected chi connectivity index (χ0v) is 6.63. The standard InChI is InChI=1S/C7H13NO2/c1-7(2,5-9)4-8(3)6-10/h5-6H,4H2,1-3H3. The minimum absolute atomic E-state index is 0.421. The van der Waals surface area contributed by atoms with E-state index in [-0.39, 0.29) is 0 Å².